The van der Waals surface area contributed by atoms with Gasteiger partial charge in [0.25, 0.3) is 0 Å². The van der Waals surface area contributed by atoms with Crippen molar-refractivity contribution in [1.82, 2.24) is 20.6 Å². The summed E-state index contributed by atoms with van der Waals surface area (Å²) in [6.45, 7) is 3.79. The molecule has 0 saturated carbocycles. The molecule has 1 aliphatic heterocycles. The Kier molecular flexibility index (Phi) is 2.57. The summed E-state index contributed by atoms with van der Waals surface area (Å²) in [5, 5.41) is 7.91. The van der Waals surface area contributed by atoms with E-state index in [9.17, 15) is 4.39 Å². The summed E-state index contributed by atoms with van der Waals surface area (Å²) in [5.41, 5.74) is 1.52. The van der Waals surface area contributed by atoms with Gasteiger partial charge in [-0.1, -0.05) is 0 Å². The van der Waals surface area contributed by atoms with Crippen molar-refractivity contribution in [2.75, 3.05) is 13.1 Å². The molecule has 1 aromatic heterocycles. The molecule has 5 heteroatoms. The second kappa shape index (κ2) is 4.09. The lowest BCUT2D eigenvalue weighted by molar-refractivity contribution is 0.329. The molecule has 2 unspecified atom stereocenters. The minimum absolute atomic E-state index is 0.0270. The lowest BCUT2D eigenvalue weighted by Gasteiger charge is -2.28. The lowest BCUT2D eigenvalue weighted by Crippen LogP contribution is -2.46. The average Bonchev–Trinajstić information content (AvgIpc) is 2.72. The topological polar surface area (TPSA) is 54.8 Å². The van der Waals surface area contributed by atoms with Crippen LogP contribution in [-0.2, 0) is 0 Å². The SMILES string of the molecule is CC1NCC[N]C1c1nc2cc(F)ccc2[nH]1. The zero-order valence-electron chi connectivity index (χ0n) is 9.57. The van der Waals surface area contributed by atoms with Crippen molar-refractivity contribution in [2.45, 2.75) is 19.0 Å². The molecule has 0 spiro atoms. The number of nitrogens with zero attached hydrogens (tertiary/aromatic N) is 2. The van der Waals surface area contributed by atoms with Gasteiger partial charge in [-0.2, -0.15) is 0 Å². The Bertz CT molecular complexity index is 536. The fourth-order valence-electron chi connectivity index (χ4n) is 2.23. The predicted octanol–water partition coefficient (Wildman–Crippen LogP) is 1.34. The van der Waals surface area contributed by atoms with Crippen LogP contribution < -0.4 is 10.6 Å². The second-order valence-electron chi connectivity index (χ2n) is 4.38. The summed E-state index contributed by atoms with van der Waals surface area (Å²) in [6.07, 6.45) is 0. The average molecular weight is 233 g/mol. The molecule has 89 valence electrons. The van der Waals surface area contributed by atoms with Crippen LogP contribution in [0.1, 0.15) is 18.8 Å². The number of fused-ring (bicyclic) bond motifs is 1. The molecule has 1 radical (unpaired) electrons. The van der Waals surface area contributed by atoms with Gasteiger partial charge in [0.1, 0.15) is 11.6 Å². The Hall–Kier alpha value is -1.46. The molecule has 3 rings (SSSR count). The minimum Gasteiger partial charge on any atom is -0.341 e. The molecule has 1 saturated heterocycles. The number of rotatable bonds is 1. The maximum absolute atomic E-state index is 13.1. The van der Waals surface area contributed by atoms with E-state index in [0.29, 0.717) is 5.52 Å². The molecule has 2 heterocycles. The molecule has 1 fully saturated rings. The number of imidazole rings is 1. The Morgan fingerprint density at radius 2 is 2.29 bits per heavy atom. The summed E-state index contributed by atoms with van der Waals surface area (Å²) < 4.78 is 13.1. The molecule has 2 aromatic rings. The number of halogens is 1. The maximum atomic E-state index is 13.1. The summed E-state index contributed by atoms with van der Waals surface area (Å²) in [6, 6.07) is 4.87. The van der Waals surface area contributed by atoms with E-state index < -0.39 is 0 Å². The summed E-state index contributed by atoms with van der Waals surface area (Å²) >= 11 is 0. The van der Waals surface area contributed by atoms with Crippen LogP contribution in [0.25, 0.3) is 11.0 Å². The highest BCUT2D eigenvalue weighted by atomic mass is 19.1. The van der Waals surface area contributed by atoms with Gasteiger partial charge in [0, 0.05) is 25.2 Å². The van der Waals surface area contributed by atoms with E-state index in [4.69, 9.17) is 0 Å². The van der Waals surface area contributed by atoms with Gasteiger partial charge in [-0.05, 0) is 19.1 Å². The first-order chi connectivity index (χ1) is 8.24. The Balaban J connectivity index is 1.99. The number of benzene rings is 1. The number of hydrogen-bond donors (Lipinski definition) is 2. The third-order valence-corrected chi connectivity index (χ3v) is 3.12. The first kappa shape index (κ1) is 10.7. The molecule has 1 aromatic carbocycles. The molecule has 2 atom stereocenters. The molecule has 17 heavy (non-hydrogen) atoms. The molecule has 2 N–H and O–H groups in total. The van der Waals surface area contributed by atoms with Gasteiger partial charge in [0.15, 0.2) is 0 Å². The summed E-state index contributed by atoms with van der Waals surface area (Å²) in [4.78, 5) is 7.63. The van der Waals surface area contributed by atoms with E-state index in [1.807, 2.05) is 0 Å². The van der Waals surface area contributed by atoms with E-state index in [1.54, 1.807) is 6.07 Å². The van der Waals surface area contributed by atoms with E-state index >= 15 is 0 Å². The largest absolute Gasteiger partial charge is 0.341 e. The van der Waals surface area contributed by atoms with Crippen LogP contribution in [0.4, 0.5) is 4.39 Å². The summed E-state index contributed by atoms with van der Waals surface area (Å²) in [7, 11) is 0. The first-order valence-electron chi connectivity index (χ1n) is 5.79. The Labute approximate surface area is 98.6 Å². The number of aromatic amines is 1. The maximum Gasteiger partial charge on any atom is 0.127 e. The zero-order valence-corrected chi connectivity index (χ0v) is 9.57. The van der Waals surface area contributed by atoms with Crippen molar-refractivity contribution >= 4 is 11.0 Å². The van der Waals surface area contributed by atoms with Gasteiger partial charge < -0.3 is 10.3 Å². The van der Waals surface area contributed by atoms with E-state index in [2.05, 4.69) is 27.5 Å². The Morgan fingerprint density at radius 1 is 1.41 bits per heavy atom. The molecule has 0 amide bonds. The van der Waals surface area contributed by atoms with Crippen LogP contribution in [0.2, 0.25) is 0 Å². The van der Waals surface area contributed by atoms with Gasteiger partial charge in [0.2, 0.25) is 0 Å². The quantitative estimate of drug-likeness (QED) is 0.781. The van der Waals surface area contributed by atoms with Crippen molar-refractivity contribution in [1.29, 1.82) is 0 Å². The van der Waals surface area contributed by atoms with Crippen LogP contribution in [0, 0.1) is 5.82 Å². The van der Waals surface area contributed by atoms with Crippen LogP contribution in [0.5, 0.6) is 0 Å². The third-order valence-electron chi connectivity index (χ3n) is 3.12. The van der Waals surface area contributed by atoms with Crippen molar-refractivity contribution in [3.8, 4) is 0 Å². The van der Waals surface area contributed by atoms with Crippen LogP contribution in [-0.4, -0.2) is 29.1 Å². The van der Waals surface area contributed by atoms with Crippen molar-refractivity contribution in [3.63, 3.8) is 0 Å². The highest BCUT2D eigenvalue weighted by Crippen LogP contribution is 2.21. The van der Waals surface area contributed by atoms with Crippen molar-refractivity contribution in [2.24, 2.45) is 0 Å². The number of aromatic nitrogens is 2. The highest BCUT2D eigenvalue weighted by molar-refractivity contribution is 5.75. The fraction of sp³-hybridized carbons (Fsp3) is 0.417. The van der Waals surface area contributed by atoms with Gasteiger partial charge in [0.05, 0.1) is 17.1 Å². The van der Waals surface area contributed by atoms with E-state index in [-0.39, 0.29) is 17.9 Å². The van der Waals surface area contributed by atoms with E-state index in [0.717, 1.165) is 24.4 Å². The molecule has 4 nitrogen and oxygen atoms in total. The number of piperazine rings is 1. The molecular weight excluding hydrogens is 219 g/mol. The monoisotopic (exact) mass is 233 g/mol. The smallest absolute Gasteiger partial charge is 0.127 e. The van der Waals surface area contributed by atoms with E-state index in [1.165, 1.54) is 12.1 Å². The fourth-order valence-corrected chi connectivity index (χ4v) is 2.23. The normalized spacial score (nSPS) is 25.3. The second-order valence-corrected chi connectivity index (χ2v) is 4.38. The lowest BCUT2D eigenvalue weighted by atomic mass is 10.1. The molecule has 1 aliphatic rings. The highest BCUT2D eigenvalue weighted by Gasteiger charge is 2.25. The van der Waals surface area contributed by atoms with Crippen molar-refractivity contribution in [3.05, 3.63) is 29.8 Å². The zero-order chi connectivity index (χ0) is 11.8. The Morgan fingerprint density at radius 3 is 3.12 bits per heavy atom. The number of hydrogen-bond acceptors (Lipinski definition) is 2. The predicted molar refractivity (Wildman–Crippen MR) is 63.3 cm³/mol. The molecule has 0 bridgehead atoms. The van der Waals surface area contributed by atoms with Crippen LogP contribution >= 0.6 is 0 Å². The number of H-pyrrole nitrogens is 1. The van der Waals surface area contributed by atoms with Gasteiger partial charge in [-0.25, -0.2) is 14.7 Å². The van der Waals surface area contributed by atoms with Crippen molar-refractivity contribution < 1.29 is 4.39 Å². The van der Waals surface area contributed by atoms with Crippen LogP contribution in [0.3, 0.4) is 0 Å². The van der Waals surface area contributed by atoms with Gasteiger partial charge in [-0.3, -0.25) is 0 Å². The molecule has 0 aliphatic carbocycles. The summed E-state index contributed by atoms with van der Waals surface area (Å²) in [5.74, 6) is 0.549. The molecular formula is C12H14FN4. The number of nitrogens with one attached hydrogen (secondary N) is 2. The van der Waals surface area contributed by atoms with Gasteiger partial charge in [-0.15, -0.1) is 0 Å². The van der Waals surface area contributed by atoms with Crippen LogP contribution in [0.15, 0.2) is 18.2 Å². The first-order valence-corrected chi connectivity index (χ1v) is 5.79. The third kappa shape index (κ3) is 1.92. The standard InChI is InChI=1S/C12H14FN4/c1-7-11(15-5-4-14-7)12-16-9-3-2-8(13)6-10(9)17-12/h2-3,6-7,11,14H,4-5H2,1H3,(H,16,17). The minimum atomic E-state index is -0.262. The van der Waals surface area contributed by atoms with Gasteiger partial charge >= 0.3 is 0 Å².